The van der Waals surface area contributed by atoms with Crippen LogP contribution >= 0.6 is 11.8 Å². The lowest BCUT2D eigenvalue weighted by Crippen LogP contribution is -2.15. The number of thioether (sulfide) groups is 1. The number of rotatable bonds is 5. The summed E-state index contributed by atoms with van der Waals surface area (Å²) in [6.45, 7) is 5.30. The lowest BCUT2D eigenvalue weighted by atomic mass is 10.2. The quantitative estimate of drug-likeness (QED) is 0.800. The van der Waals surface area contributed by atoms with Crippen LogP contribution in [0.1, 0.15) is 18.1 Å². The summed E-state index contributed by atoms with van der Waals surface area (Å²) in [7, 11) is 0. The van der Waals surface area contributed by atoms with E-state index in [4.69, 9.17) is 0 Å². The van der Waals surface area contributed by atoms with Crippen molar-refractivity contribution in [2.24, 2.45) is 0 Å². The van der Waals surface area contributed by atoms with Gasteiger partial charge in [-0.3, -0.25) is 9.59 Å². The highest BCUT2D eigenvalue weighted by Gasteiger charge is 2.09. The summed E-state index contributed by atoms with van der Waals surface area (Å²) >= 11 is 1.45. The summed E-state index contributed by atoms with van der Waals surface area (Å²) in [5.74, 6) is -0.867. The molecule has 2 N–H and O–H groups in total. The molecule has 2 rings (SSSR count). The molecule has 0 spiro atoms. The Hall–Kier alpha value is -2.34. The van der Waals surface area contributed by atoms with Crippen LogP contribution in [0.25, 0.3) is 0 Å². The Morgan fingerprint density at radius 1 is 1.08 bits per heavy atom. The molecule has 0 aliphatic heterocycles. The van der Waals surface area contributed by atoms with Crippen LogP contribution in [0.4, 0.5) is 15.8 Å². The molecule has 2 amide bonds. The van der Waals surface area contributed by atoms with E-state index in [0.29, 0.717) is 5.69 Å². The maximum atomic E-state index is 13.6. The van der Waals surface area contributed by atoms with Gasteiger partial charge >= 0.3 is 0 Å². The Kier molecular flexibility index (Phi) is 5.98. The maximum absolute atomic E-state index is 13.6. The van der Waals surface area contributed by atoms with E-state index < -0.39 is 5.82 Å². The molecule has 0 aliphatic rings. The second-order valence-corrected chi connectivity index (χ2v) is 6.50. The summed E-state index contributed by atoms with van der Waals surface area (Å²) in [6, 6.07) is 10.2. The number of aryl methyl sites for hydroxylation is 2. The molecule has 0 unspecified atom stereocenters. The molecule has 2 aromatic rings. The summed E-state index contributed by atoms with van der Waals surface area (Å²) in [4.78, 5) is 24.2. The van der Waals surface area contributed by atoms with E-state index in [-0.39, 0.29) is 23.3 Å². The predicted octanol–water partition coefficient (Wildman–Crippen LogP) is 4.13. The lowest BCUT2D eigenvalue weighted by Gasteiger charge is -2.10. The Labute approximate surface area is 144 Å². The molecule has 6 heteroatoms. The fourth-order valence-electron chi connectivity index (χ4n) is 2.09. The van der Waals surface area contributed by atoms with Crippen molar-refractivity contribution >= 4 is 35.0 Å². The first-order valence-corrected chi connectivity index (χ1v) is 8.41. The van der Waals surface area contributed by atoms with Gasteiger partial charge < -0.3 is 10.6 Å². The van der Waals surface area contributed by atoms with Gasteiger partial charge in [0.1, 0.15) is 5.82 Å². The number of nitrogens with one attached hydrogen (secondary N) is 2. The van der Waals surface area contributed by atoms with E-state index in [2.05, 4.69) is 10.6 Å². The fourth-order valence-corrected chi connectivity index (χ4v) is 3.02. The van der Waals surface area contributed by atoms with E-state index >= 15 is 0 Å². The summed E-state index contributed by atoms with van der Waals surface area (Å²) in [6.07, 6.45) is 0. The van der Waals surface area contributed by atoms with E-state index in [9.17, 15) is 14.0 Å². The first kappa shape index (κ1) is 18.0. The fraction of sp³-hybridized carbons (Fsp3) is 0.222. The van der Waals surface area contributed by atoms with Gasteiger partial charge in [0.25, 0.3) is 0 Å². The number of benzene rings is 2. The van der Waals surface area contributed by atoms with Gasteiger partial charge in [0.2, 0.25) is 11.8 Å². The largest absolute Gasteiger partial charge is 0.325 e. The monoisotopic (exact) mass is 346 g/mol. The molecule has 0 saturated carbocycles. The number of carbonyl (C=O) groups excluding carboxylic acids is 2. The minimum absolute atomic E-state index is 0.0440. The third-order valence-electron chi connectivity index (χ3n) is 3.26. The van der Waals surface area contributed by atoms with Crippen molar-refractivity contribution in [3.05, 3.63) is 53.3 Å². The SMILES string of the molecule is CC(=O)Nc1cc(NC(=O)CSc2cc(C)ccc2C)ccc1F. The van der Waals surface area contributed by atoms with Crippen LogP contribution in [0.5, 0.6) is 0 Å². The normalized spacial score (nSPS) is 10.3. The smallest absolute Gasteiger partial charge is 0.234 e. The zero-order chi connectivity index (χ0) is 17.7. The van der Waals surface area contributed by atoms with Crippen LogP contribution in [0.3, 0.4) is 0 Å². The molecule has 4 nitrogen and oxygen atoms in total. The molecule has 24 heavy (non-hydrogen) atoms. The van der Waals surface area contributed by atoms with Crippen molar-refractivity contribution < 1.29 is 14.0 Å². The summed E-state index contributed by atoms with van der Waals surface area (Å²) in [5.41, 5.74) is 2.74. The molecular weight excluding hydrogens is 327 g/mol. The van der Waals surface area contributed by atoms with Crippen molar-refractivity contribution in [3.8, 4) is 0 Å². The number of carbonyl (C=O) groups is 2. The molecule has 2 aromatic carbocycles. The summed E-state index contributed by atoms with van der Waals surface area (Å²) in [5, 5.41) is 5.10. The predicted molar refractivity (Wildman–Crippen MR) is 96.0 cm³/mol. The highest BCUT2D eigenvalue weighted by atomic mass is 32.2. The molecule has 0 heterocycles. The molecule has 0 radical (unpaired) electrons. The van der Waals surface area contributed by atoms with Gasteiger partial charge in [-0.25, -0.2) is 4.39 Å². The van der Waals surface area contributed by atoms with E-state index in [0.717, 1.165) is 16.0 Å². The molecule has 0 fully saturated rings. The van der Waals surface area contributed by atoms with Crippen molar-refractivity contribution in [3.63, 3.8) is 0 Å². The molecular formula is C18H19FN2O2S. The van der Waals surface area contributed by atoms with Crippen LogP contribution in [0, 0.1) is 19.7 Å². The Morgan fingerprint density at radius 3 is 2.54 bits per heavy atom. The lowest BCUT2D eigenvalue weighted by molar-refractivity contribution is -0.114. The second kappa shape index (κ2) is 7.97. The molecule has 0 aliphatic carbocycles. The van der Waals surface area contributed by atoms with Crippen molar-refractivity contribution in [2.45, 2.75) is 25.7 Å². The van der Waals surface area contributed by atoms with Crippen LogP contribution in [-0.4, -0.2) is 17.6 Å². The van der Waals surface area contributed by atoms with E-state index in [1.807, 2.05) is 32.0 Å². The number of hydrogen-bond acceptors (Lipinski definition) is 3. The average molecular weight is 346 g/mol. The minimum atomic E-state index is -0.548. The molecule has 0 saturated heterocycles. The molecule has 0 atom stereocenters. The number of anilines is 2. The first-order chi connectivity index (χ1) is 11.3. The Balaban J connectivity index is 1.99. The first-order valence-electron chi connectivity index (χ1n) is 7.42. The van der Waals surface area contributed by atoms with Gasteiger partial charge in [-0.2, -0.15) is 0 Å². The standard InChI is InChI=1S/C18H19FN2O2S/c1-11-4-5-12(2)17(8-11)24-10-18(23)21-14-6-7-15(19)16(9-14)20-13(3)22/h4-9H,10H2,1-3H3,(H,20,22)(H,21,23). The van der Waals surface area contributed by atoms with Gasteiger partial charge in [0, 0.05) is 17.5 Å². The van der Waals surface area contributed by atoms with Crippen molar-refractivity contribution in [2.75, 3.05) is 16.4 Å². The highest BCUT2D eigenvalue weighted by Crippen LogP contribution is 2.24. The summed E-state index contributed by atoms with van der Waals surface area (Å²) < 4.78 is 13.6. The Bertz CT molecular complexity index is 778. The van der Waals surface area contributed by atoms with Gasteiger partial charge in [-0.1, -0.05) is 17.7 Å². The van der Waals surface area contributed by atoms with Crippen molar-refractivity contribution in [1.82, 2.24) is 0 Å². The third-order valence-corrected chi connectivity index (χ3v) is 4.42. The van der Waals surface area contributed by atoms with Gasteiger partial charge in [0.05, 0.1) is 11.4 Å². The molecule has 0 aromatic heterocycles. The third kappa shape index (κ3) is 5.09. The number of amides is 2. The zero-order valence-electron chi connectivity index (χ0n) is 13.8. The zero-order valence-corrected chi connectivity index (χ0v) is 14.6. The van der Waals surface area contributed by atoms with Crippen molar-refractivity contribution in [1.29, 1.82) is 0 Å². The van der Waals surface area contributed by atoms with E-state index in [1.54, 1.807) is 0 Å². The molecule has 0 bridgehead atoms. The van der Waals surface area contributed by atoms with Gasteiger partial charge in [0.15, 0.2) is 0 Å². The number of hydrogen-bond donors (Lipinski definition) is 2. The van der Waals surface area contributed by atoms with Gasteiger partial charge in [-0.05, 0) is 43.7 Å². The van der Waals surface area contributed by atoms with Crippen LogP contribution in [0.15, 0.2) is 41.3 Å². The maximum Gasteiger partial charge on any atom is 0.234 e. The van der Waals surface area contributed by atoms with Crippen LogP contribution in [0.2, 0.25) is 0 Å². The highest BCUT2D eigenvalue weighted by molar-refractivity contribution is 8.00. The van der Waals surface area contributed by atoms with Crippen LogP contribution < -0.4 is 10.6 Å². The topological polar surface area (TPSA) is 58.2 Å². The minimum Gasteiger partial charge on any atom is -0.325 e. The molecule has 126 valence electrons. The average Bonchev–Trinajstić information content (AvgIpc) is 2.51. The van der Waals surface area contributed by atoms with Crippen LogP contribution in [-0.2, 0) is 9.59 Å². The number of halogens is 1. The van der Waals surface area contributed by atoms with Gasteiger partial charge in [-0.15, -0.1) is 11.8 Å². The van der Waals surface area contributed by atoms with E-state index in [1.165, 1.54) is 36.9 Å². The second-order valence-electron chi connectivity index (χ2n) is 5.48. The Morgan fingerprint density at radius 2 is 1.83 bits per heavy atom.